The Morgan fingerprint density at radius 3 is 1.39 bits per heavy atom. The monoisotopic (exact) mass is 2090 g/mol. The lowest BCUT2D eigenvalue weighted by atomic mass is 9.94. The van der Waals surface area contributed by atoms with Crippen molar-refractivity contribution < 1.29 is 99.7 Å². The van der Waals surface area contributed by atoms with Gasteiger partial charge in [-0.25, -0.2) is 23.4 Å². The maximum atomic E-state index is 11.9. The number of amides is 6. The molecule has 4 aliphatic rings. The lowest BCUT2D eigenvalue weighted by Gasteiger charge is -2.33. The highest BCUT2D eigenvalue weighted by atomic mass is 32.2. The molecule has 4 fully saturated rings. The molecule has 33 heteroatoms. The number of piperidine rings is 2. The number of likely N-dealkylation sites (tertiary alicyclic amines) is 1. The first kappa shape index (κ1) is 145. The zero-order chi connectivity index (χ0) is 112. The molecule has 0 spiro atoms. The van der Waals surface area contributed by atoms with Crippen LogP contribution in [0.2, 0.25) is 0 Å². The number of halogens is 1. The summed E-state index contributed by atoms with van der Waals surface area (Å²) in [4.78, 5) is 72.4. The highest BCUT2D eigenvalue weighted by Gasteiger charge is 2.43. The van der Waals surface area contributed by atoms with Crippen LogP contribution < -0.4 is 37.6 Å². The number of fused-ring (bicyclic) bond motifs is 2. The van der Waals surface area contributed by atoms with E-state index in [9.17, 15) is 33.2 Å². The third-order valence-corrected chi connectivity index (χ3v) is 21.5. The number of unbranched alkanes of at least 4 members (excludes halogenated alkanes) is 8. The van der Waals surface area contributed by atoms with Crippen molar-refractivity contribution in [2.24, 2.45) is 17.6 Å². The van der Waals surface area contributed by atoms with E-state index in [1.165, 1.54) is 70.5 Å². The van der Waals surface area contributed by atoms with Crippen molar-refractivity contribution in [3.63, 3.8) is 0 Å². The minimum Gasteiger partial charge on any atom is -0.493 e. The molecule has 1 aromatic carbocycles. The number of likely N-dealkylation sites (N-methyl/N-ethyl adjacent to an activating group) is 1. The van der Waals surface area contributed by atoms with E-state index in [1.807, 2.05) is 209 Å². The number of hydrogen-bond acceptors (Lipinski definition) is 26. The number of carbonyl (C=O) groups is 6. The first-order chi connectivity index (χ1) is 66.5. The maximum Gasteiger partial charge on any atom is 0.410 e. The number of aliphatic hydroxyl groups excluding tert-OH is 1. The van der Waals surface area contributed by atoms with Gasteiger partial charge in [0.05, 0.1) is 109 Å². The van der Waals surface area contributed by atoms with Crippen molar-refractivity contribution in [2.45, 2.75) is 482 Å². The lowest BCUT2D eigenvalue weighted by Crippen LogP contribution is -2.41. The summed E-state index contributed by atoms with van der Waals surface area (Å²) in [6.45, 7) is 88.8. The molecule has 1 aromatic heterocycles. The second kappa shape index (κ2) is 76.7. The molecule has 3 unspecified atom stereocenters. The van der Waals surface area contributed by atoms with E-state index >= 15 is 0 Å². The van der Waals surface area contributed by atoms with Crippen molar-refractivity contribution >= 4 is 58.8 Å². The fourth-order valence-electron chi connectivity index (χ4n) is 13.4. The Morgan fingerprint density at radius 1 is 0.490 bits per heavy atom. The maximum absolute atomic E-state index is 11.9. The summed E-state index contributed by atoms with van der Waals surface area (Å²) in [5.74, 6) is 3.41. The van der Waals surface area contributed by atoms with Gasteiger partial charge in [-0.2, -0.15) is 11.8 Å². The number of hydrogen-bond donors (Lipinski definition) is 8. The smallest absolute Gasteiger partial charge is 0.410 e. The van der Waals surface area contributed by atoms with Crippen LogP contribution in [0.4, 0.5) is 18.8 Å². The fourth-order valence-corrected chi connectivity index (χ4v) is 15.0. The second-order valence-corrected chi connectivity index (χ2v) is 50.6. The summed E-state index contributed by atoms with van der Waals surface area (Å²) in [6.07, 6.45) is 22.2. The van der Waals surface area contributed by atoms with Gasteiger partial charge in [0.25, 0.3) is 0 Å². The Kier molecular flexibility index (Phi) is 76.9. The normalized spacial score (nSPS) is 15.9. The van der Waals surface area contributed by atoms with Crippen LogP contribution in [-0.4, -0.2) is 291 Å². The number of aliphatic hydroxyl groups is 1. The molecule has 6 rings (SSSR count). The first-order valence-corrected chi connectivity index (χ1v) is 54.8. The van der Waals surface area contributed by atoms with E-state index in [4.69, 9.17) is 72.3 Å². The number of allylic oxidation sites excluding steroid dienone is 1. The molecule has 0 bridgehead atoms. The molecular formula is C112H220FN11O20S. The van der Waals surface area contributed by atoms with Gasteiger partial charge in [0.1, 0.15) is 40.1 Å². The minimum absolute atomic E-state index is 0.00993. The number of alkyl carbamates (subject to hydrolysis) is 1. The Hall–Kier alpha value is -5.82. The quantitative estimate of drug-likeness (QED) is 0.0101. The topological polar surface area (TPSA) is 377 Å². The number of thioether (sulfide) groups is 1. The third-order valence-electron chi connectivity index (χ3n) is 20.0. The van der Waals surface area contributed by atoms with Crippen molar-refractivity contribution in [3.8, 4) is 0 Å². The van der Waals surface area contributed by atoms with Crippen LogP contribution in [0.25, 0.3) is 11.0 Å². The van der Waals surface area contributed by atoms with Crippen molar-refractivity contribution in [1.82, 2.24) is 52.0 Å². The molecule has 3 atom stereocenters. The summed E-state index contributed by atoms with van der Waals surface area (Å²) >= 11 is 1.92. The Labute approximate surface area is 886 Å². The van der Waals surface area contributed by atoms with Crippen LogP contribution in [0.5, 0.6) is 0 Å². The summed E-state index contributed by atoms with van der Waals surface area (Å²) in [6, 6.07) is 6.53. The van der Waals surface area contributed by atoms with Gasteiger partial charge in [-0.1, -0.05) is 57.2 Å². The number of nitrogens with two attached hydrogens (primary N) is 1. The number of nitrogens with one attached hydrogen (secondary N) is 6. The molecule has 9 N–H and O–H groups in total. The first-order valence-electron chi connectivity index (χ1n) is 53.7. The highest BCUT2D eigenvalue weighted by Crippen LogP contribution is 2.34. The second-order valence-electron chi connectivity index (χ2n) is 49.3. The van der Waals surface area contributed by atoms with Crippen LogP contribution in [0, 0.1) is 11.8 Å². The van der Waals surface area contributed by atoms with Crippen molar-refractivity contribution in [1.29, 1.82) is 0 Å². The number of urea groups is 1. The zero-order valence-electron chi connectivity index (χ0n) is 99.4. The SMILES string of the molecule is C=C(CCCCCCCc1cccc2nonc12)OC(C)(C)C.CC(=O)NCCOC(C)(C)C.CC(C)(C)OC(=O)CCCCCCNC(=O)CCCCC1SCC2NC(=O)NC21.CC(C)(C)OCCC1CCN(C(=O)OC(C)(C)C)CC1.CC(C)(C)OCCC1CCNCC1.CC(C)(C)OCCF.CC(C)(C)OCCN.CC(C)(C)OCCNC(=O)OC(C)(C)C.CC(C)(C)OCCO.CN(C)CCOC(C)(C)C. The van der Waals surface area contributed by atoms with Gasteiger partial charge in [-0.05, 0) is 394 Å². The predicted octanol–water partition coefficient (Wildman–Crippen LogP) is 22.5. The average molecular weight is 2090 g/mol. The van der Waals surface area contributed by atoms with Crippen LogP contribution in [0.3, 0.4) is 0 Å². The Balaban J connectivity index is -0.000000787. The Morgan fingerprint density at radius 2 is 0.931 bits per heavy atom. The van der Waals surface area contributed by atoms with Gasteiger partial charge in [0, 0.05) is 96.2 Å². The number of aryl methyl sites for hydroxylation is 1. The number of esters is 1. The molecule has 145 heavy (non-hydrogen) atoms. The summed E-state index contributed by atoms with van der Waals surface area (Å²) in [7, 11) is 4.10. The number of alkyl halides is 1. The standard InChI is InChI=1S/C21H37N3O4S.C19H28N2O2.C16H31NO3.C11H23NO3.C11H23NO.C8H17NO2.C8H19NO.C6H13FO.C6H15NO.C6H14O2/c1-21(2,3)28-18(26)12-6-4-5-9-13-22-17(25)11-8-7-10-16-19-15(14-29-16)23-20(27)24-19;1-15(22-19(2,3)4)11-8-6-5-7-9-12-16-13-10-14-17-18(16)21-23-20-17;1-15(2,3)19-12-9-13-7-10-17(11-8-13)14(18)20-16(4,5)6;1-10(2,3)14-8-7-12-9(13)15-11(4,5)6;1-11(2,3)13-9-6-10-4-7-12-8-5-10;1-7(10)9-5-6-11-8(2,3)4;1-8(2,3)10-7-6-9(4)5;3*1-6(2,3)8-5-4-7/h15-16,19H,4-14H2,1-3H3,(H,22,25)(H2,23,24,27);10,13-14H,1,5-9,11-12H2,2-4H3;13H,7-12H2,1-6H3;7-8H2,1-6H3,(H,12,13);10,12H,4-9H2,1-3H3;5-6H2,1-4H3,(H,9,10);6-7H2,1-5H3;4-5H2,1-3H3;4-5,7H2,1-3H3;7H,4-5H2,1-3H3. The van der Waals surface area contributed by atoms with Crippen LogP contribution in [-0.2, 0) is 77.6 Å². The molecule has 0 radical (unpaired) electrons. The van der Waals surface area contributed by atoms with Crippen molar-refractivity contribution in [2.75, 3.05) is 145 Å². The molecule has 5 heterocycles. The van der Waals surface area contributed by atoms with Crippen LogP contribution in [0.1, 0.15) is 397 Å². The van der Waals surface area contributed by atoms with Crippen LogP contribution in [0.15, 0.2) is 35.2 Å². The number of ether oxygens (including phenoxy) is 12. The van der Waals surface area contributed by atoms with Gasteiger partial charge >= 0.3 is 24.2 Å². The molecule has 4 aliphatic heterocycles. The van der Waals surface area contributed by atoms with E-state index in [-0.39, 0.29) is 106 Å². The summed E-state index contributed by atoms with van der Waals surface area (Å²) in [5, 5.41) is 34.2. The third kappa shape index (κ3) is 105. The molecule has 2 aromatic rings. The average Bonchev–Trinajstić information content (AvgIpc) is 1.67. The molecule has 4 saturated heterocycles. The predicted molar refractivity (Wildman–Crippen MR) is 594 cm³/mol. The van der Waals surface area contributed by atoms with Gasteiger partial charge in [-0.15, -0.1) is 0 Å². The van der Waals surface area contributed by atoms with E-state index in [0.717, 1.165) is 151 Å². The number of nitrogens with zero attached hydrogens (tertiary/aromatic N) is 4. The van der Waals surface area contributed by atoms with E-state index in [2.05, 4.69) is 143 Å². The molecule has 0 saturated carbocycles. The minimum atomic E-state index is -0.449. The number of aromatic nitrogens is 2. The van der Waals surface area contributed by atoms with Crippen LogP contribution >= 0.6 is 11.8 Å². The number of benzene rings is 1. The van der Waals surface area contributed by atoms with E-state index in [1.54, 1.807) is 0 Å². The fraction of sp³-hybridized carbons (Fsp3) is 0.875. The zero-order valence-corrected chi connectivity index (χ0v) is 100. The van der Waals surface area contributed by atoms with Gasteiger partial charge in [-0.3, -0.25) is 14.4 Å². The number of rotatable bonds is 42. The van der Waals surface area contributed by atoms with Gasteiger partial charge < -0.3 is 109 Å². The van der Waals surface area contributed by atoms with E-state index < -0.39 is 29.6 Å². The van der Waals surface area contributed by atoms with E-state index in [0.29, 0.717) is 76.6 Å². The summed E-state index contributed by atoms with van der Waals surface area (Å²) in [5.41, 5.74) is 6.17. The molecular weight excluding hydrogens is 1870 g/mol. The number of carbonyl (C=O) groups excluding carboxylic acids is 6. The molecule has 31 nitrogen and oxygen atoms in total. The van der Waals surface area contributed by atoms with Gasteiger partial charge in [0.15, 0.2) is 0 Å². The largest absolute Gasteiger partial charge is 0.493 e. The molecule has 0 aliphatic carbocycles. The Bertz CT molecular complexity index is 3570. The summed E-state index contributed by atoms with van der Waals surface area (Å²) < 4.78 is 80.9. The highest BCUT2D eigenvalue weighted by molar-refractivity contribution is 8.00. The lowest BCUT2D eigenvalue weighted by molar-refractivity contribution is -0.155. The molecule has 856 valence electrons. The van der Waals surface area contributed by atoms with Gasteiger partial charge in [0.2, 0.25) is 11.8 Å². The molecule has 6 amide bonds. The van der Waals surface area contributed by atoms with Crippen molar-refractivity contribution in [3.05, 3.63) is 36.1 Å².